The molecule has 1 aromatic carbocycles. The molecule has 0 saturated heterocycles. The van der Waals surface area contributed by atoms with E-state index in [4.69, 9.17) is 11.6 Å². The summed E-state index contributed by atoms with van der Waals surface area (Å²) in [6.07, 6.45) is 2.52. The summed E-state index contributed by atoms with van der Waals surface area (Å²) in [5.41, 5.74) is 3.90. The predicted molar refractivity (Wildman–Crippen MR) is 77.9 cm³/mol. The monoisotopic (exact) mass is 293 g/mol. The van der Waals surface area contributed by atoms with Crippen LogP contribution >= 0.6 is 11.6 Å². The van der Waals surface area contributed by atoms with Crippen molar-refractivity contribution in [1.82, 2.24) is 15.1 Å². The second kappa shape index (κ2) is 5.19. The van der Waals surface area contributed by atoms with Crippen molar-refractivity contribution in [2.75, 3.05) is 0 Å². The zero-order chi connectivity index (χ0) is 14.3. The van der Waals surface area contributed by atoms with E-state index in [2.05, 4.69) is 10.4 Å². The Morgan fingerprint density at radius 3 is 2.80 bits per heavy atom. The number of aryl methyl sites for hydroxylation is 1. The van der Waals surface area contributed by atoms with E-state index in [1.165, 1.54) is 24.5 Å². The lowest BCUT2D eigenvalue weighted by Gasteiger charge is -2.07. The van der Waals surface area contributed by atoms with Gasteiger partial charge in [-0.2, -0.15) is 5.10 Å². The largest absolute Gasteiger partial charge is 0.310 e. The van der Waals surface area contributed by atoms with Crippen molar-refractivity contribution in [2.24, 2.45) is 0 Å². The molecule has 3 rings (SSSR count). The van der Waals surface area contributed by atoms with E-state index in [1.807, 2.05) is 13.8 Å². The SMILES string of the molecule is Cc1nn(-c2ccc(Cl)c(F)c2)c(C)c1CNC1CC1. The fourth-order valence-corrected chi connectivity index (χ4v) is 2.45. The van der Waals surface area contributed by atoms with Crippen molar-refractivity contribution in [3.63, 3.8) is 0 Å². The van der Waals surface area contributed by atoms with Gasteiger partial charge >= 0.3 is 0 Å². The van der Waals surface area contributed by atoms with Gasteiger partial charge in [0, 0.05) is 29.9 Å². The fourth-order valence-electron chi connectivity index (χ4n) is 2.33. The minimum absolute atomic E-state index is 0.130. The average Bonchev–Trinajstić information content (AvgIpc) is 3.19. The molecule has 1 aromatic heterocycles. The molecule has 106 valence electrons. The first-order chi connectivity index (χ1) is 9.56. The highest BCUT2D eigenvalue weighted by molar-refractivity contribution is 6.30. The highest BCUT2D eigenvalue weighted by Gasteiger charge is 2.22. The van der Waals surface area contributed by atoms with Gasteiger partial charge in [-0.3, -0.25) is 0 Å². The van der Waals surface area contributed by atoms with Crippen LogP contribution in [-0.4, -0.2) is 15.8 Å². The quantitative estimate of drug-likeness (QED) is 0.934. The Kier molecular flexibility index (Phi) is 3.52. The van der Waals surface area contributed by atoms with Gasteiger partial charge in [0.25, 0.3) is 0 Å². The van der Waals surface area contributed by atoms with Crippen LogP contribution in [0.15, 0.2) is 18.2 Å². The van der Waals surface area contributed by atoms with Gasteiger partial charge in [0.1, 0.15) is 5.82 Å². The second-order valence-corrected chi connectivity index (χ2v) is 5.72. The molecule has 0 atom stereocenters. The van der Waals surface area contributed by atoms with Crippen LogP contribution < -0.4 is 5.32 Å². The molecule has 1 aliphatic rings. The maximum atomic E-state index is 13.6. The summed E-state index contributed by atoms with van der Waals surface area (Å²) in [6, 6.07) is 5.42. The number of rotatable bonds is 4. The van der Waals surface area contributed by atoms with Crippen molar-refractivity contribution in [2.45, 2.75) is 39.3 Å². The Balaban J connectivity index is 1.92. The Hall–Kier alpha value is -1.39. The van der Waals surface area contributed by atoms with Gasteiger partial charge in [0.2, 0.25) is 0 Å². The predicted octanol–water partition coefficient (Wildman–Crippen LogP) is 3.53. The van der Waals surface area contributed by atoms with Crippen molar-refractivity contribution in [3.05, 3.63) is 46.0 Å². The summed E-state index contributed by atoms with van der Waals surface area (Å²) < 4.78 is 15.4. The normalized spacial score (nSPS) is 14.8. The number of benzene rings is 1. The molecule has 3 nitrogen and oxygen atoms in total. The number of nitrogens with one attached hydrogen (secondary N) is 1. The first-order valence-electron chi connectivity index (χ1n) is 6.80. The average molecular weight is 294 g/mol. The molecular formula is C15H17ClFN3. The van der Waals surface area contributed by atoms with Crippen LogP contribution in [0.5, 0.6) is 0 Å². The smallest absolute Gasteiger partial charge is 0.143 e. The van der Waals surface area contributed by atoms with Crippen LogP contribution in [0.25, 0.3) is 5.69 Å². The van der Waals surface area contributed by atoms with E-state index in [9.17, 15) is 4.39 Å². The number of nitrogens with zero attached hydrogens (tertiary/aromatic N) is 2. The summed E-state index contributed by atoms with van der Waals surface area (Å²) in [7, 11) is 0. The van der Waals surface area contributed by atoms with Gasteiger partial charge in [0.15, 0.2) is 0 Å². The van der Waals surface area contributed by atoms with Gasteiger partial charge in [0.05, 0.1) is 16.4 Å². The van der Waals surface area contributed by atoms with Crippen LogP contribution in [0.3, 0.4) is 0 Å². The molecule has 1 saturated carbocycles. The molecule has 2 aromatic rings. The number of aromatic nitrogens is 2. The summed E-state index contributed by atoms with van der Waals surface area (Å²) in [6.45, 7) is 4.81. The fraction of sp³-hybridized carbons (Fsp3) is 0.400. The van der Waals surface area contributed by atoms with E-state index in [0.29, 0.717) is 11.7 Å². The van der Waals surface area contributed by atoms with E-state index >= 15 is 0 Å². The first-order valence-corrected chi connectivity index (χ1v) is 7.18. The summed E-state index contributed by atoms with van der Waals surface area (Å²) in [5, 5.41) is 8.14. The van der Waals surface area contributed by atoms with Crippen molar-refractivity contribution < 1.29 is 4.39 Å². The minimum Gasteiger partial charge on any atom is -0.310 e. The van der Waals surface area contributed by atoms with E-state index in [0.717, 1.165) is 17.9 Å². The lowest BCUT2D eigenvalue weighted by atomic mass is 10.2. The third-order valence-corrected chi connectivity index (χ3v) is 4.04. The molecule has 1 N–H and O–H groups in total. The molecule has 0 aliphatic heterocycles. The maximum absolute atomic E-state index is 13.6. The van der Waals surface area contributed by atoms with E-state index < -0.39 is 5.82 Å². The Morgan fingerprint density at radius 2 is 2.15 bits per heavy atom. The summed E-state index contributed by atoms with van der Waals surface area (Å²) in [4.78, 5) is 0. The Morgan fingerprint density at radius 1 is 1.40 bits per heavy atom. The van der Waals surface area contributed by atoms with Gasteiger partial charge in [-0.15, -0.1) is 0 Å². The van der Waals surface area contributed by atoms with Gasteiger partial charge in [-0.25, -0.2) is 9.07 Å². The summed E-state index contributed by atoms with van der Waals surface area (Å²) >= 11 is 5.72. The topological polar surface area (TPSA) is 29.9 Å². The van der Waals surface area contributed by atoms with Crippen molar-refractivity contribution >= 4 is 11.6 Å². The zero-order valence-electron chi connectivity index (χ0n) is 11.6. The number of hydrogen-bond donors (Lipinski definition) is 1. The standard InChI is InChI=1S/C15H17ClFN3/c1-9-13(8-18-11-3-4-11)10(2)20(19-9)12-5-6-14(16)15(17)7-12/h5-7,11,18H,3-4,8H2,1-2H3. The van der Waals surface area contributed by atoms with Gasteiger partial charge in [-0.1, -0.05) is 11.6 Å². The van der Waals surface area contributed by atoms with Crippen LogP contribution in [0.2, 0.25) is 5.02 Å². The summed E-state index contributed by atoms with van der Waals surface area (Å²) in [5.74, 6) is -0.422. The highest BCUT2D eigenvalue weighted by Crippen LogP contribution is 2.23. The highest BCUT2D eigenvalue weighted by atomic mass is 35.5. The molecule has 20 heavy (non-hydrogen) atoms. The van der Waals surface area contributed by atoms with Crippen LogP contribution in [0.1, 0.15) is 29.8 Å². The molecule has 0 spiro atoms. The second-order valence-electron chi connectivity index (χ2n) is 5.31. The molecule has 0 radical (unpaired) electrons. The Bertz CT molecular complexity index is 647. The minimum atomic E-state index is -0.422. The molecule has 1 aliphatic carbocycles. The zero-order valence-corrected chi connectivity index (χ0v) is 12.3. The maximum Gasteiger partial charge on any atom is 0.143 e. The Labute approximate surface area is 122 Å². The lowest BCUT2D eigenvalue weighted by molar-refractivity contribution is 0.625. The molecule has 1 fully saturated rings. The van der Waals surface area contributed by atoms with Crippen LogP contribution in [0.4, 0.5) is 4.39 Å². The van der Waals surface area contributed by atoms with Crippen molar-refractivity contribution in [3.8, 4) is 5.69 Å². The third-order valence-electron chi connectivity index (χ3n) is 3.73. The van der Waals surface area contributed by atoms with Crippen LogP contribution in [0, 0.1) is 19.7 Å². The van der Waals surface area contributed by atoms with E-state index in [-0.39, 0.29) is 5.02 Å². The molecule has 1 heterocycles. The molecular weight excluding hydrogens is 277 g/mol. The third kappa shape index (κ3) is 2.58. The number of hydrogen-bond acceptors (Lipinski definition) is 2. The number of halogens is 2. The lowest BCUT2D eigenvalue weighted by Crippen LogP contribution is -2.16. The van der Waals surface area contributed by atoms with Gasteiger partial charge < -0.3 is 5.32 Å². The van der Waals surface area contributed by atoms with Crippen LogP contribution in [-0.2, 0) is 6.54 Å². The van der Waals surface area contributed by atoms with E-state index in [1.54, 1.807) is 16.8 Å². The van der Waals surface area contributed by atoms with Gasteiger partial charge in [-0.05, 0) is 38.8 Å². The molecule has 0 amide bonds. The van der Waals surface area contributed by atoms with Crippen molar-refractivity contribution in [1.29, 1.82) is 0 Å². The molecule has 0 bridgehead atoms. The first kappa shape index (κ1) is 13.6. The molecule has 0 unspecified atom stereocenters. The molecule has 5 heteroatoms.